The number of fused-ring (bicyclic) bond motifs is 11. The molecular weight excluding hydrogens is 697 g/mol. The van der Waals surface area contributed by atoms with E-state index in [1.165, 1.54) is 109 Å². The Balaban J connectivity index is 1.02. The number of para-hydroxylation sites is 2. The zero-order chi connectivity index (χ0) is 37.1. The fraction of sp³-hybridized carbons (Fsp3) is 0.0566. The summed E-state index contributed by atoms with van der Waals surface area (Å²) in [5, 5.41) is 6.51. The molecule has 11 aromatic rings. The van der Waals surface area contributed by atoms with E-state index in [1.807, 2.05) is 11.3 Å². The normalized spacial score (nSPS) is 13.3. The van der Waals surface area contributed by atoms with Crippen molar-refractivity contribution >= 4 is 64.2 Å². The van der Waals surface area contributed by atoms with Gasteiger partial charge in [-0.3, -0.25) is 0 Å². The zero-order valence-corrected chi connectivity index (χ0v) is 31.9. The molecule has 0 unspecified atom stereocenters. The molecule has 3 heteroatoms. The molecule has 1 aliphatic rings. The summed E-state index contributed by atoms with van der Waals surface area (Å²) in [6.07, 6.45) is 0. The highest BCUT2D eigenvalue weighted by molar-refractivity contribution is 7.25. The van der Waals surface area contributed by atoms with E-state index in [2.05, 4.69) is 205 Å². The Morgan fingerprint density at radius 2 is 0.946 bits per heavy atom. The molecule has 0 bridgehead atoms. The largest absolute Gasteiger partial charge is 0.309 e. The Labute approximate surface area is 329 Å². The quantitative estimate of drug-likeness (QED) is 0.170. The van der Waals surface area contributed by atoms with Crippen molar-refractivity contribution in [2.75, 3.05) is 0 Å². The van der Waals surface area contributed by atoms with E-state index >= 15 is 0 Å². The summed E-state index contributed by atoms with van der Waals surface area (Å²) in [7, 11) is 0. The SMILES string of the molecule is CC1(C)c2ccccc2-c2c1c1cc(-c3ccc4c(c3)c3ccccc3n4-c3ccccc3)ccc1n2-c1ccc(-c2ccc3sc4ccccc4c3c2)cc1. The van der Waals surface area contributed by atoms with Crippen molar-refractivity contribution in [1.29, 1.82) is 0 Å². The van der Waals surface area contributed by atoms with E-state index in [-0.39, 0.29) is 5.41 Å². The molecule has 0 fully saturated rings. The number of nitrogens with zero attached hydrogens (tertiary/aromatic N) is 2. The van der Waals surface area contributed by atoms with Crippen LogP contribution in [0.2, 0.25) is 0 Å². The van der Waals surface area contributed by atoms with Gasteiger partial charge in [-0.05, 0) is 106 Å². The van der Waals surface area contributed by atoms with E-state index in [4.69, 9.17) is 0 Å². The Bertz CT molecular complexity index is 3370. The third-order valence-electron chi connectivity index (χ3n) is 12.3. The van der Waals surface area contributed by atoms with Gasteiger partial charge < -0.3 is 9.13 Å². The van der Waals surface area contributed by atoms with Crippen LogP contribution in [0.5, 0.6) is 0 Å². The van der Waals surface area contributed by atoms with Crippen LogP contribution in [0.15, 0.2) is 182 Å². The second kappa shape index (κ2) is 11.7. The summed E-state index contributed by atoms with van der Waals surface area (Å²) in [4.78, 5) is 0. The number of aromatic nitrogens is 2. The van der Waals surface area contributed by atoms with E-state index in [9.17, 15) is 0 Å². The molecule has 8 aromatic carbocycles. The highest BCUT2D eigenvalue weighted by Gasteiger charge is 2.40. The molecule has 264 valence electrons. The van der Waals surface area contributed by atoms with Crippen LogP contribution in [0.3, 0.4) is 0 Å². The lowest BCUT2D eigenvalue weighted by Gasteiger charge is -2.21. The summed E-state index contributed by atoms with van der Waals surface area (Å²) in [6.45, 7) is 4.79. The van der Waals surface area contributed by atoms with Gasteiger partial charge in [-0.15, -0.1) is 11.3 Å². The highest BCUT2D eigenvalue weighted by Crippen LogP contribution is 2.54. The molecule has 1 aliphatic carbocycles. The van der Waals surface area contributed by atoms with Gasteiger partial charge in [0.2, 0.25) is 0 Å². The fourth-order valence-electron chi connectivity index (χ4n) is 9.71. The maximum Gasteiger partial charge on any atom is 0.0584 e. The summed E-state index contributed by atoms with van der Waals surface area (Å²) < 4.78 is 7.57. The van der Waals surface area contributed by atoms with Gasteiger partial charge in [-0.1, -0.05) is 123 Å². The number of rotatable bonds is 4. The van der Waals surface area contributed by atoms with Gasteiger partial charge >= 0.3 is 0 Å². The Hall–Kier alpha value is -6.68. The molecule has 12 rings (SSSR count). The van der Waals surface area contributed by atoms with Gasteiger partial charge in [0, 0.05) is 58.7 Å². The van der Waals surface area contributed by atoms with Gasteiger partial charge in [0.1, 0.15) is 0 Å². The van der Waals surface area contributed by atoms with Gasteiger partial charge in [0.25, 0.3) is 0 Å². The molecule has 0 saturated carbocycles. The van der Waals surface area contributed by atoms with Crippen LogP contribution in [-0.2, 0) is 5.41 Å². The molecule has 0 atom stereocenters. The van der Waals surface area contributed by atoms with Crippen LogP contribution < -0.4 is 0 Å². The second-order valence-electron chi connectivity index (χ2n) is 15.7. The lowest BCUT2D eigenvalue weighted by atomic mass is 9.81. The van der Waals surface area contributed by atoms with Gasteiger partial charge in [-0.25, -0.2) is 0 Å². The van der Waals surface area contributed by atoms with Crippen molar-refractivity contribution in [1.82, 2.24) is 9.13 Å². The van der Waals surface area contributed by atoms with Crippen molar-refractivity contribution < 1.29 is 0 Å². The standard InChI is InChI=1S/C53H36N2S/c1-53(2)45-17-9-6-16-41(45)52-51(53)44-32-36(35-22-27-47-42(30-35)39-14-7-10-18-46(39)54(47)37-12-4-3-5-13-37)23-28-48(44)55(52)38-25-20-33(21-26-38)34-24-29-50-43(31-34)40-15-8-11-19-49(40)56-50/h3-32H,1-2H3. The predicted molar refractivity (Wildman–Crippen MR) is 239 cm³/mol. The summed E-state index contributed by atoms with van der Waals surface area (Å²) in [5.74, 6) is 0. The molecule has 0 radical (unpaired) electrons. The van der Waals surface area contributed by atoms with E-state index in [1.54, 1.807) is 0 Å². The van der Waals surface area contributed by atoms with Crippen LogP contribution in [0, 0.1) is 0 Å². The van der Waals surface area contributed by atoms with Crippen molar-refractivity contribution in [3.63, 3.8) is 0 Å². The fourth-order valence-corrected chi connectivity index (χ4v) is 10.8. The Kier molecular flexibility index (Phi) is 6.59. The number of hydrogen-bond donors (Lipinski definition) is 0. The summed E-state index contributed by atoms with van der Waals surface area (Å²) >= 11 is 1.87. The minimum Gasteiger partial charge on any atom is -0.309 e. The Morgan fingerprint density at radius 1 is 0.393 bits per heavy atom. The zero-order valence-electron chi connectivity index (χ0n) is 31.1. The smallest absolute Gasteiger partial charge is 0.0584 e. The molecule has 0 amide bonds. The van der Waals surface area contributed by atoms with Crippen LogP contribution in [0.1, 0.15) is 25.0 Å². The topological polar surface area (TPSA) is 9.86 Å². The van der Waals surface area contributed by atoms with E-state index in [0.717, 1.165) is 0 Å². The minimum absolute atomic E-state index is 0.153. The molecule has 3 aromatic heterocycles. The summed E-state index contributed by atoms with van der Waals surface area (Å²) in [6, 6.07) is 67.5. The molecule has 0 saturated heterocycles. The third kappa shape index (κ3) is 4.43. The molecule has 0 aliphatic heterocycles. The maximum atomic E-state index is 2.51. The van der Waals surface area contributed by atoms with Crippen molar-refractivity contribution in [2.24, 2.45) is 0 Å². The van der Waals surface area contributed by atoms with Crippen molar-refractivity contribution in [3.05, 3.63) is 193 Å². The maximum absolute atomic E-state index is 2.51. The van der Waals surface area contributed by atoms with Crippen LogP contribution in [0.25, 0.3) is 97.8 Å². The van der Waals surface area contributed by atoms with Crippen molar-refractivity contribution in [3.8, 4) is 44.9 Å². The lowest BCUT2D eigenvalue weighted by Crippen LogP contribution is -2.14. The molecule has 2 nitrogen and oxygen atoms in total. The first-order valence-corrected chi connectivity index (χ1v) is 20.2. The average Bonchev–Trinajstić information content (AvgIpc) is 3.96. The van der Waals surface area contributed by atoms with E-state index < -0.39 is 0 Å². The number of hydrogen-bond acceptors (Lipinski definition) is 1. The van der Waals surface area contributed by atoms with Crippen LogP contribution in [-0.4, -0.2) is 9.13 Å². The number of thiophene rings is 1. The van der Waals surface area contributed by atoms with Crippen LogP contribution in [0.4, 0.5) is 0 Å². The van der Waals surface area contributed by atoms with E-state index in [0.29, 0.717) is 0 Å². The highest BCUT2D eigenvalue weighted by atomic mass is 32.1. The molecule has 56 heavy (non-hydrogen) atoms. The first-order valence-electron chi connectivity index (χ1n) is 19.4. The minimum atomic E-state index is -0.153. The lowest BCUT2D eigenvalue weighted by molar-refractivity contribution is 0.666. The van der Waals surface area contributed by atoms with Crippen LogP contribution >= 0.6 is 11.3 Å². The molecule has 0 spiro atoms. The molecule has 3 heterocycles. The Morgan fingerprint density at radius 3 is 1.77 bits per heavy atom. The molecular formula is C53H36N2S. The summed E-state index contributed by atoms with van der Waals surface area (Å²) in [5.41, 5.74) is 16.2. The molecule has 0 N–H and O–H groups in total. The first-order chi connectivity index (χ1) is 27.5. The first kappa shape index (κ1) is 31.6. The monoisotopic (exact) mass is 732 g/mol. The van der Waals surface area contributed by atoms with Gasteiger partial charge in [0.15, 0.2) is 0 Å². The number of benzene rings is 8. The third-order valence-corrected chi connectivity index (χ3v) is 13.5. The van der Waals surface area contributed by atoms with Gasteiger partial charge in [-0.2, -0.15) is 0 Å². The average molecular weight is 733 g/mol. The second-order valence-corrected chi connectivity index (χ2v) is 16.8. The predicted octanol–water partition coefficient (Wildman–Crippen LogP) is 14.7. The van der Waals surface area contributed by atoms with Crippen molar-refractivity contribution in [2.45, 2.75) is 19.3 Å². The van der Waals surface area contributed by atoms with Gasteiger partial charge in [0.05, 0.1) is 22.2 Å².